The number of rotatable bonds is 4. The molecule has 1 aromatic heterocycles. The Hall–Kier alpha value is -0.600. The lowest BCUT2D eigenvalue weighted by Crippen LogP contribution is -2.44. The molecule has 3 rings (SSSR count). The summed E-state index contributed by atoms with van der Waals surface area (Å²) in [5.74, 6) is 0. The van der Waals surface area contributed by atoms with Crippen molar-refractivity contribution in [3.05, 3.63) is 29.0 Å². The van der Waals surface area contributed by atoms with Crippen LogP contribution in [0.4, 0.5) is 0 Å². The molecule has 0 spiro atoms. The van der Waals surface area contributed by atoms with Crippen molar-refractivity contribution in [2.75, 3.05) is 0 Å². The smallest absolute Gasteiger partial charge is 0.129 e. The van der Waals surface area contributed by atoms with Crippen LogP contribution >= 0.6 is 11.6 Å². The zero-order valence-electron chi connectivity index (χ0n) is 12.9. The van der Waals surface area contributed by atoms with Crippen molar-refractivity contribution in [2.45, 2.75) is 82.8 Å². The third kappa shape index (κ3) is 4.20. The van der Waals surface area contributed by atoms with E-state index in [0.29, 0.717) is 5.15 Å². The lowest BCUT2D eigenvalue weighted by molar-refractivity contribution is 0.0730. The van der Waals surface area contributed by atoms with E-state index in [4.69, 9.17) is 11.6 Å². The molecule has 21 heavy (non-hydrogen) atoms. The first kappa shape index (κ1) is 15.3. The molecule has 0 aromatic carbocycles. The Balaban J connectivity index is 1.72. The number of halogens is 1. The van der Waals surface area contributed by atoms with Crippen LogP contribution in [-0.2, 0) is 6.54 Å². The van der Waals surface area contributed by atoms with Crippen LogP contribution in [0.3, 0.4) is 0 Å². The normalized spacial score (nSPS) is 21.8. The van der Waals surface area contributed by atoms with Crippen LogP contribution in [0.5, 0.6) is 0 Å². The summed E-state index contributed by atoms with van der Waals surface area (Å²) in [5, 5.41) is 0.598. The number of hydrogen-bond acceptors (Lipinski definition) is 2. The van der Waals surface area contributed by atoms with E-state index in [-0.39, 0.29) is 0 Å². The quantitative estimate of drug-likeness (QED) is 0.711. The fourth-order valence-electron chi connectivity index (χ4n) is 4.09. The van der Waals surface area contributed by atoms with Crippen LogP contribution in [0.15, 0.2) is 18.3 Å². The Labute approximate surface area is 133 Å². The predicted octanol–water partition coefficient (Wildman–Crippen LogP) is 5.20. The minimum absolute atomic E-state index is 0.598. The maximum absolute atomic E-state index is 5.92. The van der Waals surface area contributed by atoms with Gasteiger partial charge in [-0.25, -0.2) is 4.98 Å². The molecule has 0 bridgehead atoms. The first-order valence-corrected chi connectivity index (χ1v) is 9.07. The van der Waals surface area contributed by atoms with Crippen LogP contribution in [0.25, 0.3) is 0 Å². The van der Waals surface area contributed by atoms with Crippen molar-refractivity contribution in [3.8, 4) is 0 Å². The molecule has 2 nitrogen and oxygen atoms in total. The van der Waals surface area contributed by atoms with Crippen molar-refractivity contribution < 1.29 is 0 Å². The molecule has 0 radical (unpaired) electrons. The Morgan fingerprint density at radius 2 is 1.48 bits per heavy atom. The van der Waals surface area contributed by atoms with Crippen LogP contribution in [0.1, 0.15) is 69.8 Å². The highest BCUT2D eigenvalue weighted by atomic mass is 35.5. The van der Waals surface area contributed by atoms with E-state index in [0.717, 1.165) is 18.6 Å². The molecular formula is C18H27ClN2. The molecule has 0 N–H and O–H groups in total. The maximum atomic E-state index is 5.92. The van der Waals surface area contributed by atoms with Gasteiger partial charge in [0, 0.05) is 24.8 Å². The maximum Gasteiger partial charge on any atom is 0.129 e. The van der Waals surface area contributed by atoms with E-state index in [1.807, 2.05) is 12.3 Å². The highest BCUT2D eigenvalue weighted by Gasteiger charge is 2.28. The average Bonchev–Trinajstić information content (AvgIpc) is 2.56. The Morgan fingerprint density at radius 1 is 0.905 bits per heavy atom. The van der Waals surface area contributed by atoms with Gasteiger partial charge in [-0.15, -0.1) is 0 Å². The second kappa shape index (κ2) is 7.60. The van der Waals surface area contributed by atoms with E-state index < -0.39 is 0 Å². The van der Waals surface area contributed by atoms with E-state index in [1.165, 1.54) is 69.8 Å². The van der Waals surface area contributed by atoms with Crippen LogP contribution in [0, 0.1) is 0 Å². The first-order valence-electron chi connectivity index (χ1n) is 8.69. The van der Waals surface area contributed by atoms with Gasteiger partial charge in [0.15, 0.2) is 0 Å². The highest BCUT2D eigenvalue weighted by molar-refractivity contribution is 6.29. The number of aromatic nitrogens is 1. The molecule has 1 aromatic rings. The van der Waals surface area contributed by atoms with Crippen molar-refractivity contribution in [2.24, 2.45) is 0 Å². The largest absolute Gasteiger partial charge is 0.293 e. The summed E-state index contributed by atoms with van der Waals surface area (Å²) >= 11 is 5.92. The summed E-state index contributed by atoms with van der Waals surface area (Å²) < 4.78 is 0. The fourth-order valence-corrected chi connectivity index (χ4v) is 4.20. The number of nitrogens with zero attached hydrogens (tertiary/aromatic N) is 2. The van der Waals surface area contributed by atoms with Gasteiger partial charge in [0.25, 0.3) is 0 Å². The van der Waals surface area contributed by atoms with Gasteiger partial charge in [-0.1, -0.05) is 56.2 Å². The van der Waals surface area contributed by atoms with Crippen LogP contribution < -0.4 is 0 Å². The summed E-state index contributed by atoms with van der Waals surface area (Å²) in [6, 6.07) is 5.65. The molecule has 0 atom stereocenters. The monoisotopic (exact) mass is 306 g/mol. The lowest BCUT2D eigenvalue weighted by Gasteiger charge is -2.41. The minimum atomic E-state index is 0.598. The van der Waals surface area contributed by atoms with Crippen molar-refractivity contribution >= 4 is 11.6 Å². The van der Waals surface area contributed by atoms with Gasteiger partial charge >= 0.3 is 0 Å². The second-order valence-electron chi connectivity index (χ2n) is 6.75. The summed E-state index contributed by atoms with van der Waals surface area (Å²) in [7, 11) is 0. The zero-order chi connectivity index (χ0) is 14.5. The Morgan fingerprint density at radius 3 is 1.95 bits per heavy atom. The van der Waals surface area contributed by atoms with E-state index >= 15 is 0 Å². The molecule has 0 unspecified atom stereocenters. The predicted molar refractivity (Wildman–Crippen MR) is 88.5 cm³/mol. The topological polar surface area (TPSA) is 16.1 Å². The molecule has 2 fully saturated rings. The van der Waals surface area contributed by atoms with Crippen molar-refractivity contribution in [1.82, 2.24) is 9.88 Å². The van der Waals surface area contributed by atoms with Gasteiger partial charge in [-0.3, -0.25) is 4.90 Å². The van der Waals surface area contributed by atoms with Crippen LogP contribution in [0.2, 0.25) is 5.15 Å². The van der Waals surface area contributed by atoms with E-state index in [1.54, 1.807) is 0 Å². The molecule has 0 amide bonds. The fraction of sp³-hybridized carbons (Fsp3) is 0.722. The van der Waals surface area contributed by atoms with Gasteiger partial charge in [0.05, 0.1) is 0 Å². The molecular weight excluding hydrogens is 280 g/mol. The van der Waals surface area contributed by atoms with Crippen LogP contribution in [-0.4, -0.2) is 22.0 Å². The summed E-state index contributed by atoms with van der Waals surface area (Å²) in [4.78, 5) is 7.07. The summed E-state index contributed by atoms with van der Waals surface area (Å²) in [5.41, 5.74) is 1.32. The molecule has 2 aliphatic carbocycles. The van der Waals surface area contributed by atoms with Gasteiger partial charge in [-0.2, -0.15) is 0 Å². The summed E-state index contributed by atoms with van der Waals surface area (Å²) in [6.45, 7) is 1.06. The van der Waals surface area contributed by atoms with Gasteiger partial charge in [0.1, 0.15) is 5.15 Å². The molecule has 2 aliphatic rings. The molecule has 1 heterocycles. The first-order chi connectivity index (χ1) is 10.3. The Kier molecular flexibility index (Phi) is 5.54. The van der Waals surface area contributed by atoms with Gasteiger partial charge in [-0.05, 0) is 37.3 Å². The molecule has 0 aliphatic heterocycles. The van der Waals surface area contributed by atoms with E-state index in [9.17, 15) is 0 Å². The highest BCUT2D eigenvalue weighted by Crippen LogP contribution is 2.31. The number of pyridine rings is 1. The number of hydrogen-bond donors (Lipinski definition) is 0. The molecule has 2 saturated carbocycles. The average molecular weight is 307 g/mol. The standard InChI is InChI=1S/C18H27ClN2/c19-18-12-11-15(13-20-18)14-21(16-7-3-1-4-8-16)17-9-5-2-6-10-17/h11-13,16-17H,1-10,14H2. The second-order valence-corrected chi connectivity index (χ2v) is 7.13. The van der Waals surface area contributed by atoms with Gasteiger partial charge < -0.3 is 0 Å². The molecule has 3 heteroatoms. The van der Waals surface area contributed by atoms with E-state index in [2.05, 4.69) is 16.0 Å². The third-order valence-corrected chi connectivity index (χ3v) is 5.46. The van der Waals surface area contributed by atoms with Crippen molar-refractivity contribution in [1.29, 1.82) is 0 Å². The lowest BCUT2D eigenvalue weighted by atomic mass is 9.88. The zero-order valence-corrected chi connectivity index (χ0v) is 13.7. The van der Waals surface area contributed by atoms with Crippen molar-refractivity contribution in [3.63, 3.8) is 0 Å². The van der Waals surface area contributed by atoms with Gasteiger partial charge in [0.2, 0.25) is 0 Å². The minimum Gasteiger partial charge on any atom is -0.293 e. The summed E-state index contributed by atoms with van der Waals surface area (Å²) in [6.07, 6.45) is 16.0. The SMILES string of the molecule is Clc1ccc(CN(C2CCCCC2)C2CCCCC2)cn1. The molecule has 0 saturated heterocycles. The molecule has 116 valence electrons. The Bertz CT molecular complexity index is 401. The third-order valence-electron chi connectivity index (χ3n) is 5.24.